The monoisotopic (exact) mass is 279 g/mol. The highest BCUT2D eigenvalue weighted by Gasteiger charge is 2.12. The van der Waals surface area contributed by atoms with E-state index < -0.39 is 0 Å². The minimum Gasteiger partial charge on any atom is -0.497 e. The number of pyridine rings is 1. The third kappa shape index (κ3) is 2.21. The maximum atomic E-state index is 12.7. The molecule has 3 nitrogen and oxygen atoms in total. The van der Waals surface area contributed by atoms with E-state index in [2.05, 4.69) is 4.98 Å². The Balaban J connectivity index is 2.38. The van der Waals surface area contributed by atoms with Crippen molar-refractivity contribution in [1.82, 2.24) is 4.98 Å². The van der Waals surface area contributed by atoms with Crippen molar-refractivity contribution < 1.29 is 4.74 Å². The van der Waals surface area contributed by atoms with E-state index >= 15 is 0 Å². The van der Waals surface area contributed by atoms with Gasteiger partial charge in [0, 0.05) is 10.9 Å². The van der Waals surface area contributed by atoms with Gasteiger partial charge in [0.05, 0.1) is 18.3 Å². The minimum absolute atomic E-state index is 0.0459. The molecule has 0 atom stereocenters. The number of H-pyrrole nitrogens is 1. The number of ether oxygens (including phenoxy) is 1. The molecule has 1 aromatic heterocycles. The van der Waals surface area contributed by atoms with E-state index in [4.69, 9.17) is 4.74 Å². The summed E-state index contributed by atoms with van der Waals surface area (Å²) in [4.78, 5) is 16.1. The number of aromatic nitrogens is 1. The fraction of sp³-hybridized carbons (Fsp3) is 0.167. The molecule has 21 heavy (non-hydrogen) atoms. The molecule has 0 bridgehead atoms. The van der Waals surface area contributed by atoms with E-state index in [9.17, 15) is 4.79 Å². The lowest BCUT2D eigenvalue weighted by atomic mass is 10.0. The first kappa shape index (κ1) is 13.4. The molecule has 0 saturated heterocycles. The smallest absolute Gasteiger partial charge is 0.193 e. The summed E-state index contributed by atoms with van der Waals surface area (Å²) in [6.07, 6.45) is 0. The average Bonchev–Trinajstić information content (AvgIpc) is 2.51. The van der Waals surface area contributed by atoms with E-state index in [1.807, 2.05) is 50.2 Å². The van der Waals surface area contributed by atoms with E-state index in [0.717, 1.165) is 27.9 Å². The number of aromatic amines is 1. The first-order chi connectivity index (χ1) is 10.1. The van der Waals surface area contributed by atoms with Gasteiger partial charge in [-0.05, 0) is 37.1 Å². The zero-order valence-corrected chi connectivity index (χ0v) is 12.4. The summed E-state index contributed by atoms with van der Waals surface area (Å²) in [5.74, 6) is 0.706. The Hall–Kier alpha value is -2.55. The molecular formula is C18H17NO2. The molecule has 0 spiro atoms. The summed E-state index contributed by atoms with van der Waals surface area (Å²) >= 11 is 0. The van der Waals surface area contributed by atoms with Crippen LogP contribution in [0.5, 0.6) is 5.75 Å². The predicted molar refractivity (Wildman–Crippen MR) is 86.0 cm³/mol. The Morgan fingerprint density at radius 3 is 2.43 bits per heavy atom. The van der Waals surface area contributed by atoms with Crippen LogP contribution in [0, 0.1) is 13.8 Å². The molecule has 3 heteroatoms. The molecule has 0 aliphatic heterocycles. The summed E-state index contributed by atoms with van der Waals surface area (Å²) in [5.41, 5.74) is 4.53. The lowest BCUT2D eigenvalue weighted by Gasteiger charge is -2.11. The molecular weight excluding hydrogens is 262 g/mol. The highest BCUT2D eigenvalue weighted by Crippen LogP contribution is 2.26. The van der Waals surface area contributed by atoms with Gasteiger partial charge in [-0.2, -0.15) is 0 Å². The van der Waals surface area contributed by atoms with E-state index in [1.165, 1.54) is 0 Å². The molecule has 2 aromatic carbocycles. The molecule has 3 rings (SSSR count). The number of rotatable bonds is 2. The first-order valence-electron chi connectivity index (χ1n) is 6.88. The van der Waals surface area contributed by atoms with Gasteiger partial charge >= 0.3 is 0 Å². The van der Waals surface area contributed by atoms with Crippen molar-refractivity contribution in [1.29, 1.82) is 0 Å². The number of benzene rings is 2. The fourth-order valence-corrected chi connectivity index (χ4v) is 2.64. The van der Waals surface area contributed by atoms with Gasteiger partial charge in [0.25, 0.3) is 0 Å². The maximum Gasteiger partial charge on any atom is 0.193 e. The van der Waals surface area contributed by atoms with Crippen molar-refractivity contribution in [2.24, 2.45) is 0 Å². The number of fused-ring (bicyclic) bond motifs is 1. The van der Waals surface area contributed by atoms with Gasteiger partial charge < -0.3 is 9.72 Å². The summed E-state index contributed by atoms with van der Waals surface area (Å²) in [5, 5.41) is 0.670. The predicted octanol–water partition coefficient (Wildman–Crippen LogP) is 3.82. The topological polar surface area (TPSA) is 42.1 Å². The van der Waals surface area contributed by atoms with Crippen LogP contribution >= 0.6 is 0 Å². The van der Waals surface area contributed by atoms with Gasteiger partial charge in [0.15, 0.2) is 5.43 Å². The third-order valence-corrected chi connectivity index (χ3v) is 3.82. The average molecular weight is 279 g/mol. The quantitative estimate of drug-likeness (QED) is 0.775. The normalized spacial score (nSPS) is 10.8. The fourth-order valence-electron chi connectivity index (χ4n) is 2.64. The Morgan fingerprint density at radius 2 is 1.76 bits per heavy atom. The summed E-state index contributed by atoms with van der Waals surface area (Å²) < 4.78 is 5.26. The highest BCUT2D eigenvalue weighted by atomic mass is 16.5. The van der Waals surface area contributed by atoms with Crippen LogP contribution in [0.3, 0.4) is 0 Å². The highest BCUT2D eigenvalue weighted by molar-refractivity contribution is 5.86. The molecule has 0 radical (unpaired) electrons. The number of hydrogen-bond acceptors (Lipinski definition) is 2. The minimum atomic E-state index is 0.0459. The van der Waals surface area contributed by atoms with Crippen LogP contribution in [-0.4, -0.2) is 12.1 Å². The number of aryl methyl sites for hydroxylation is 1. The molecule has 1 heterocycles. The van der Waals surface area contributed by atoms with Crippen molar-refractivity contribution in [2.75, 3.05) is 7.11 Å². The molecule has 0 aliphatic rings. The van der Waals surface area contributed by atoms with Crippen LogP contribution in [0.2, 0.25) is 0 Å². The number of hydrogen-bond donors (Lipinski definition) is 1. The lowest BCUT2D eigenvalue weighted by molar-refractivity contribution is 0.415. The SMILES string of the molecule is COc1cc(C)c2[nH]c(-c3ccccc3)c(C)c(=O)c2c1. The van der Waals surface area contributed by atoms with Crippen LogP contribution in [0.1, 0.15) is 11.1 Å². The second-order valence-electron chi connectivity index (χ2n) is 5.19. The van der Waals surface area contributed by atoms with Gasteiger partial charge in [-0.3, -0.25) is 4.79 Å². The number of methoxy groups -OCH3 is 1. The second-order valence-corrected chi connectivity index (χ2v) is 5.19. The molecule has 3 aromatic rings. The summed E-state index contributed by atoms with van der Waals surface area (Å²) in [6.45, 7) is 3.83. The van der Waals surface area contributed by atoms with Gasteiger partial charge in [0.2, 0.25) is 0 Å². The van der Waals surface area contributed by atoms with Crippen LogP contribution in [0.25, 0.3) is 22.2 Å². The third-order valence-electron chi connectivity index (χ3n) is 3.82. The molecule has 0 fully saturated rings. The molecule has 106 valence electrons. The zero-order chi connectivity index (χ0) is 15.0. The van der Waals surface area contributed by atoms with Gasteiger partial charge in [-0.15, -0.1) is 0 Å². The maximum absolute atomic E-state index is 12.7. The summed E-state index contributed by atoms with van der Waals surface area (Å²) in [7, 11) is 1.61. The van der Waals surface area contributed by atoms with E-state index in [0.29, 0.717) is 11.1 Å². The van der Waals surface area contributed by atoms with Crippen molar-refractivity contribution in [3.05, 3.63) is 63.8 Å². The van der Waals surface area contributed by atoms with Crippen LogP contribution < -0.4 is 10.2 Å². The van der Waals surface area contributed by atoms with Crippen molar-refractivity contribution in [3.63, 3.8) is 0 Å². The van der Waals surface area contributed by atoms with Gasteiger partial charge in [0.1, 0.15) is 5.75 Å². The van der Waals surface area contributed by atoms with Crippen molar-refractivity contribution in [2.45, 2.75) is 13.8 Å². The summed E-state index contributed by atoms with van der Waals surface area (Å²) in [6, 6.07) is 13.6. The Bertz CT molecular complexity index is 864. The van der Waals surface area contributed by atoms with Gasteiger partial charge in [-0.1, -0.05) is 30.3 Å². The van der Waals surface area contributed by atoms with Crippen molar-refractivity contribution >= 4 is 10.9 Å². The van der Waals surface area contributed by atoms with Crippen LogP contribution in [-0.2, 0) is 0 Å². The standard InChI is InChI=1S/C18H17NO2/c1-11-9-14(21-3)10-15-16(11)19-17(12(2)18(15)20)13-7-5-4-6-8-13/h4-10H,1-3H3,(H,19,20). The number of nitrogens with one attached hydrogen (secondary N) is 1. The van der Waals surface area contributed by atoms with E-state index in [1.54, 1.807) is 13.2 Å². The second kappa shape index (κ2) is 5.09. The Morgan fingerprint density at radius 1 is 1.05 bits per heavy atom. The van der Waals surface area contributed by atoms with Crippen LogP contribution in [0.15, 0.2) is 47.3 Å². The zero-order valence-electron chi connectivity index (χ0n) is 12.4. The first-order valence-corrected chi connectivity index (χ1v) is 6.88. The van der Waals surface area contributed by atoms with Crippen LogP contribution in [0.4, 0.5) is 0 Å². The van der Waals surface area contributed by atoms with Gasteiger partial charge in [-0.25, -0.2) is 0 Å². The van der Waals surface area contributed by atoms with Crippen molar-refractivity contribution in [3.8, 4) is 17.0 Å². The molecule has 0 unspecified atom stereocenters. The molecule has 0 saturated carbocycles. The largest absolute Gasteiger partial charge is 0.497 e. The van der Waals surface area contributed by atoms with E-state index in [-0.39, 0.29) is 5.43 Å². The molecule has 1 N–H and O–H groups in total. The molecule has 0 amide bonds. The lowest BCUT2D eigenvalue weighted by Crippen LogP contribution is -2.10. The Kier molecular flexibility index (Phi) is 3.26. The molecule has 0 aliphatic carbocycles. The Labute approximate surface area is 123 Å².